The molecule has 0 amide bonds. The normalized spacial score (nSPS) is 19.2. The van der Waals surface area contributed by atoms with Gasteiger partial charge in [0.05, 0.1) is 0 Å². The monoisotopic (exact) mass is 772 g/mol. The Balaban J connectivity index is 0.00000106. The summed E-state index contributed by atoms with van der Waals surface area (Å²) in [5, 5.41) is 17.8. The Morgan fingerprint density at radius 1 is 0.435 bits per heavy atom. The Morgan fingerprint density at radius 3 is 0.804 bits per heavy atom. The fraction of sp³-hybridized carbons (Fsp3) is 0.949. The molecule has 4 saturated carbocycles. The van der Waals surface area contributed by atoms with E-state index in [2.05, 4.69) is 0 Å². The van der Waals surface area contributed by atoms with E-state index >= 15 is 0 Å². The second kappa shape index (κ2) is 29.2. The van der Waals surface area contributed by atoms with Crippen LogP contribution in [0.2, 0.25) is 0 Å². The summed E-state index contributed by atoms with van der Waals surface area (Å²) in [5.41, 5.74) is 0. The van der Waals surface area contributed by atoms with E-state index in [4.69, 9.17) is 19.8 Å². The van der Waals surface area contributed by atoms with Gasteiger partial charge in [-0.25, -0.2) is 0 Å². The molecule has 0 spiro atoms. The van der Waals surface area contributed by atoms with E-state index in [9.17, 15) is 0 Å². The summed E-state index contributed by atoms with van der Waals surface area (Å²) in [4.78, 5) is 17.8. The Bertz CT molecular complexity index is 618. The zero-order valence-electron chi connectivity index (χ0n) is 30.1. The van der Waals surface area contributed by atoms with Gasteiger partial charge in [-0.1, -0.05) is 128 Å². The van der Waals surface area contributed by atoms with E-state index in [1.165, 1.54) is 51.4 Å². The quantitative estimate of drug-likeness (QED) is 0.0912. The van der Waals surface area contributed by atoms with Crippen LogP contribution in [0, 0.1) is 23.7 Å². The maximum atomic E-state index is 8.89. The maximum absolute atomic E-state index is 8.89. The molecule has 4 fully saturated rings. The summed E-state index contributed by atoms with van der Waals surface area (Å²) in [5.74, 6) is 2.29. The van der Waals surface area contributed by atoms with E-state index < -0.39 is 11.9 Å². The van der Waals surface area contributed by atoms with Gasteiger partial charge in [-0.3, -0.25) is 0 Å². The van der Waals surface area contributed by atoms with Gasteiger partial charge in [-0.2, -0.15) is 0 Å². The molecule has 0 aromatic rings. The fourth-order valence-corrected chi connectivity index (χ4v) is 14.1. The molecule has 0 atom stereocenters. The Kier molecular flexibility index (Phi) is 28.3. The number of carbonyl (C=O) groups is 2. The topological polar surface area (TPSA) is 80.3 Å². The van der Waals surface area contributed by atoms with Crippen molar-refractivity contribution in [3.05, 3.63) is 0 Å². The third-order valence-electron chi connectivity index (χ3n) is 11.2. The van der Waals surface area contributed by atoms with Gasteiger partial charge in [0, 0.05) is 11.9 Å². The molecule has 0 bridgehead atoms. The summed E-state index contributed by atoms with van der Waals surface area (Å²) in [6.07, 6.45) is 48.9. The summed E-state index contributed by atoms with van der Waals surface area (Å²) >= 11 is 0. The molecule has 0 unspecified atom stereocenters. The number of hydrogen-bond acceptors (Lipinski definition) is 4. The van der Waals surface area contributed by atoms with E-state index in [-0.39, 0.29) is 20.4 Å². The average molecular weight is 773 g/mol. The van der Waals surface area contributed by atoms with Crippen LogP contribution in [0.3, 0.4) is 0 Å². The first kappa shape index (κ1) is 44.5. The van der Waals surface area contributed by atoms with Gasteiger partial charge in [-0.05, 0) is 107 Å². The standard InChI is InChI=1S/C35H66P2.2C2H4O2.Pd/c1-2-15-32(14-1)22-9-26-36(27-10-23-33-16-3-4-17-33)30-13-31-37(28-11-24-34-18-5-6-19-34)29-12-25-35-20-7-8-21-35;2*1-2(3)4;/h32-35H,1-31H2;2*1H3,(H,3,4);/q;;;+2/p-2. The molecule has 0 aromatic heterocycles. The first-order valence-electron chi connectivity index (χ1n) is 19.6. The van der Waals surface area contributed by atoms with Crippen LogP contribution in [0.15, 0.2) is 0 Å². The zero-order valence-corrected chi connectivity index (χ0v) is 33.4. The van der Waals surface area contributed by atoms with Crippen LogP contribution in [0.25, 0.3) is 0 Å². The molecule has 0 aliphatic heterocycles. The second-order valence-electron chi connectivity index (χ2n) is 15.2. The van der Waals surface area contributed by atoms with Gasteiger partial charge in [0.15, 0.2) is 0 Å². The van der Waals surface area contributed by atoms with E-state index in [0.29, 0.717) is 15.8 Å². The largest absolute Gasteiger partial charge is 2.00 e. The van der Waals surface area contributed by atoms with Crippen LogP contribution < -0.4 is 10.2 Å². The Hall–Kier alpha value is 0.462. The number of hydrogen-bond donors (Lipinski definition) is 0. The van der Waals surface area contributed by atoms with Crippen molar-refractivity contribution >= 4 is 27.8 Å². The van der Waals surface area contributed by atoms with Crippen molar-refractivity contribution in [2.24, 2.45) is 23.7 Å². The number of carboxylic acid groups (broad SMARTS) is 2. The SMILES string of the molecule is C1CCC(CCCP(CCCC2CCCC2)CCCP(CCCC2CCCC2)CCCC2CCCC2)C1.CC(=O)[O-].CC(=O)[O-].[Pd+2]. The number of carboxylic acids is 2. The Morgan fingerprint density at radius 2 is 0.609 bits per heavy atom. The number of carbonyl (C=O) groups excluding carboxylic acids is 2. The van der Waals surface area contributed by atoms with Gasteiger partial charge < -0.3 is 19.8 Å². The van der Waals surface area contributed by atoms with Gasteiger partial charge in [0.25, 0.3) is 0 Å². The summed E-state index contributed by atoms with van der Waals surface area (Å²) < 4.78 is 0. The fourth-order valence-electron chi connectivity index (χ4n) is 8.80. The van der Waals surface area contributed by atoms with E-state index in [1.807, 2.05) is 0 Å². The molecular formula is C39H72O4P2Pd. The van der Waals surface area contributed by atoms with Crippen LogP contribution in [0.1, 0.15) is 174 Å². The Labute approximate surface area is 301 Å². The first-order valence-corrected chi connectivity index (χ1v) is 23.4. The zero-order chi connectivity index (χ0) is 32.5. The van der Waals surface area contributed by atoms with Crippen molar-refractivity contribution in [2.45, 2.75) is 174 Å². The van der Waals surface area contributed by atoms with Crippen LogP contribution in [0.5, 0.6) is 0 Å². The third-order valence-corrected chi connectivity index (χ3v) is 16.9. The molecule has 0 saturated heterocycles. The summed E-state index contributed by atoms with van der Waals surface area (Å²) in [6.45, 7) is 1.94. The first-order chi connectivity index (χ1) is 21.8. The van der Waals surface area contributed by atoms with Gasteiger partial charge in [0.2, 0.25) is 0 Å². The van der Waals surface area contributed by atoms with E-state index in [0.717, 1.165) is 37.5 Å². The van der Waals surface area contributed by atoms with Gasteiger partial charge in [0.1, 0.15) is 0 Å². The van der Waals surface area contributed by atoms with Crippen molar-refractivity contribution in [3.8, 4) is 0 Å². The molecule has 4 nitrogen and oxygen atoms in total. The molecule has 0 radical (unpaired) electrons. The van der Waals surface area contributed by atoms with Crippen molar-refractivity contribution in [2.75, 3.05) is 37.0 Å². The molecule has 0 aromatic carbocycles. The molecule has 46 heavy (non-hydrogen) atoms. The minimum absolute atomic E-state index is 0. The number of rotatable bonds is 20. The maximum Gasteiger partial charge on any atom is 2.00 e. The molecule has 4 aliphatic rings. The smallest absolute Gasteiger partial charge is 0.550 e. The van der Waals surface area contributed by atoms with Crippen LogP contribution in [0.4, 0.5) is 0 Å². The van der Waals surface area contributed by atoms with Gasteiger partial charge in [-0.15, -0.1) is 15.8 Å². The molecule has 7 heteroatoms. The van der Waals surface area contributed by atoms with E-state index in [1.54, 1.807) is 146 Å². The van der Waals surface area contributed by atoms with Crippen LogP contribution in [-0.4, -0.2) is 48.9 Å². The van der Waals surface area contributed by atoms with Gasteiger partial charge >= 0.3 is 20.4 Å². The molecule has 0 N–H and O–H groups in total. The third kappa shape index (κ3) is 24.6. The van der Waals surface area contributed by atoms with Crippen molar-refractivity contribution in [1.82, 2.24) is 0 Å². The predicted octanol–water partition coefficient (Wildman–Crippen LogP) is 9.73. The van der Waals surface area contributed by atoms with Crippen LogP contribution >= 0.6 is 15.8 Å². The van der Waals surface area contributed by atoms with Crippen LogP contribution in [-0.2, 0) is 30.0 Å². The average Bonchev–Trinajstić information content (AvgIpc) is 3.81. The second-order valence-corrected chi connectivity index (χ2v) is 20.6. The summed E-state index contributed by atoms with van der Waals surface area (Å²) in [7, 11) is 0.676. The van der Waals surface area contributed by atoms with Crippen molar-refractivity contribution in [1.29, 1.82) is 0 Å². The summed E-state index contributed by atoms with van der Waals surface area (Å²) in [6, 6.07) is 0. The predicted molar refractivity (Wildman–Crippen MR) is 194 cm³/mol. The molecule has 0 heterocycles. The van der Waals surface area contributed by atoms with Crippen molar-refractivity contribution in [3.63, 3.8) is 0 Å². The van der Waals surface area contributed by atoms with Crippen molar-refractivity contribution < 1.29 is 40.2 Å². The minimum Gasteiger partial charge on any atom is -0.550 e. The molecule has 4 rings (SSSR count). The minimum atomic E-state index is -1.08. The molecule has 4 aliphatic carbocycles. The molecular weight excluding hydrogens is 701 g/mol. The molecule has 272 valence electrons. The number of aliphatic carboxylic acids is 2.